The average Bonchev–Trinajstić information content (AvgIpc) is 2.98. The number of nitrogens with one attached hydrogen (secondary N) is 3. The van der Waals surface area contributed by atoms with Gasteiger partial charge in [0, 0.05) is 13.0 Å². The molecule has 3 N–H and O–H groups in total. The number of hydrogen-bond acceptors (Lipinski definition) is 6. The summed E-state index contributed by atoms with van der Waals surface area (Å²) in [6, 6.07) is 0. The van der Waals surface area contributed by atoms with Crippen LogP contribution in [0.4, 0.5) is 5.82 Å². The van der Waals surface area contributed by atoms with Gasteiger partial charge in [0.25, 0.3) is 0 Å². The molecular weight excluding hydrogens is 296 g/mol. The number of aromatic nitrogens is 5. The summed E-state index contributed by atoms with van der Waals surface area (Å²) < 4.78 is 5.91. The SMILES string of the molecule is O=c1[nH]nc(CCCNc2cncc(OC3CCCCC3)n2)[nH]1. The van der Waals surface area contributed by atoms with Crippen molar-refractivity contribution in [1.82, 2.24) is 25.1 Å². The lowest BCUT2D eigenvalue weighted by Crippen LogP contribution is -2.20. The normalized spacial score (nSPS) is 15.5. The number of aryl methyl sites for hydroxylation is 1. The fourth-order valence-electron chi connectivity index (χ4n) is 2.74. The summed E-state index contributed by atoms with van der Waals surface area (Å²) in [6.45, 7) is 0.719. The van der Waals surface area contributed by atoms with E-state index in [4.69, 9.17) is 4.74 Å². The van der Waals surface area contributed by atoms with Crippen molar-refractivity contribution in [2.75, 3.05) is 11.9 Å². The van der Waals surface area contributed by atoms with Crippen LogP contribution >= 0.6 is 0 Å². The molecule has 2 heterocycles. The first-order valence-corrected chi connectivity index (χ1v) is 8.16. The van der Waals surface area contributed by atoms with E-state index in [9.17, 15) is 4.79 Å². The minimum atomic E-state index is -0.272. The Balaban J connectivity index is 1.44. The predicted octanol–water partition coefficient (Wildman–Crippen LogP) is 1.64. The van der Waals surface area contributed by atoms with Gasteiger partial charge in [0.1, 0.15) is 17.7 Å². The number of hydrogen-bond donors (Lipinski definition) is 3. The van der Waals surface area contributed by atoms with Crippen LogP contribution in [-0.2, 0) is 6.42 Å². The van der Waals surface area contributed by atoms with Crippen LogP contribution in [0, 0.1) is 0 Å². The highest BCUT2D eigenvalue weighted by atomic mass is 16.5. The first-order valence-electron chi connectivity index (χ1n) is 8.16. The standard InChI is InChI=1S/C15H22N6O2/c22-15-19-12(20-21-15)7-4-8-17-13-9-16-10-14(18-13)23-11-5-2-1-3-6-11/h9-11H,1-8H2,(H,17,18)(H2,19,20,21,22). The van der Waals surface area contributed by atoms with E-state index in [0.29, 0.717) is 23.9 Å². The third-order valence-electron chi connectivity index (χ3n) is 3.90. The molecule has 0 aromatic carbocycles. The smallest absolute Gasteiger partial charge is 0.340 e. The molecule has 0 spiro atoms. The third-order valence-corrected chi connectivity index (χ3v) is 3.90. The van der Waals surface area contributed by atoms with Crippen molar-refractivity contribution in [2.24, 2.45) is 0 Å². The molecule has 8 nitrogen and oxygen atoms in total. The van der Waals surface area contributed by atoms with Gasteiger partial charge in [-0.15, -0.1) is 0 Å². The second kappa shape index (κ2) is 7.75. The van der Waals surface area contributed by atoms with Crippen molar-refractivity contribution in [3.05, 3.63) is 28.7 Å². The molecule has 124 valence electrons. The molecule has 0 radical (unpaired) electrons. The zero-order valence-corrected chi connectivity index (χ0v) is 13.0. The summed E-state index contributed by atoms with van der Waals surface area (Å²) in [5.41, 5.74) is -0.272. The van der Waals surface area contributed by atoms with Gasteiger partial charge < -0.3 is 10.1 Å². The van der Waals surface area contributed by atoms with Gasteiger partial charge in [-0.1, -0.05) is 6.42 Å². The minimum absolute atomic E-state index is 0.268. The fourth-order valence-corrected chi connectivity index (χ4v) is 2.74. The first kappa shape index (κ1) is 15.5. The van der Waals surface area contributed by atoms with Crippen molar-refractivity contribution in [3.63, 3.8) is 0 Å². The van der Waals surface area contributed by atoms with Crippen molar-refractivity contribution >= 4 is 5.82 Å². The number of anilines is 1. The van der Waals surface area contributed by atoms with Gasteiger partial charge in [0.15, 0.2) is 0 Å². The topological polar surface area (TPSA) is 109 Å². The Bertz CT molecular complexity index is 662. The highest BCUT2D eigenvalue weighted by molar-refractivity contribution is 5.33. The lowest BCUT2D eigenvalue weighted by molar-refractivity contribution is 0.148. The Hall–Kier alpha value is -2.38. The quantitative estimate of drug-likeness (QED) is 0.670. The Labute approximate surface area is 134 Å². The largest absolute Gasteiger partial charge is 0.473 e. The van der Waals surface area contributed by atoms with E-state index in [0.717, 1.165) is 25.8 Å². The van der Waals surface area contributed by atoms with E-state index < -0.39 is 0 Å². The molecular formula is C15H22N6O2. The molecule has 1 fully saturated rings. The Kier molecular flexibility index (Phi) is 5.23. The Morgan fingerprint density at radius 2 is 2.13 bits per heavy atom. The van der Waals surface area contributed by atoms with Crippen LogP contribution in [-0.4, -0.2) is 37.8 Å². The van der Waals surface area contributed by atoms with E-state index in [1.807, 2.05) is 0 Å². The summed E-state index contributed by atoms with van der Waals surface area (Å²) in [4.78, 5) is 22.2. The molecule has 0 bridgehead atoms. The minimum Gasteiger partial charge on any atom is -0.473 e. The van der Waals surface area contributed by atoms with Crippen LogP contribution in [0.2, 0.25) is 0 Å². The van der Waals surface area contributed by atoms with E-state index in [2.05, 4.69) is 30.5 Å². The number of H-pyrrole nitrogens is 2. The van der Waals surface area contributed by atoms with Gasteiger partial charge in [-0.2, -0.15) is 10.1 Å². The van der Waals surface area contributed by atoms with Gasteiger partial charge in [0.2, 0.25) is 5.88 Å². The molecule has 2 aromatic heterocycles. The maximum Gasteiger partial charge on any atom is 0.340 e. The number of nitrogens with zero attached hydrogens (tertiary/aromatic N) is 3. The zero-order chi connectivity index (χ0) is 15.9. The lowest BCUT2D eigenvalue weighted by atomic mass is 9.98. The molecule has 1 saturated carbocycles. The monoisotopic (exact) mass is 318 g/mol. The maximum absolute atomic E-state index is 10.9. The first-order chi connectivity index (χ1) is 11.3. The van der Waals surface area contributed by atoms with Crippen LogP contribution in [0.25, 0.3) is 0 Å². The number of aromatic amines is 2. The van der Waals surface area contributed by atoms with Crippen molar-refractivity contribution in [2.45, 2.75) is 51.0 Å². The average molecular weight is 318 g/mol. The van der Waals surface area contributed by atoms with Gasteiger partial charge >= 0.3 is 5.69 Å². The Morgan fingerprint density at radius 1 is 1.26 bits per heavy atom. The molecule has 8 heteroatoms. The van der Waals surface area contributed by atoms with E-state index in [-0.39, 0.29) is 11.8 Å². The summed E-state index contributed by atoms with van der Waals surface area (Å²) in [5.74, 6) is 1.95. The fraction of sp³-hybridized carbons (Fsp3) is 0.600. The molecule has 1 aliphatic carbocycles. The highest BCUT2D eigenvalue weighted by Crippen LogP contribution is 2.22. The van der Waals surface area contributed by atoms with Crippen LogP contribution in [0.3, 0.4) is 0 Å². The molecule has 1 aliphatic rings. The lowest BCUT2D eigenvalue weighted by Gasteiger charge is -2.22. The van der Waals surface area contributed by atoms with Crippen LogP contribution < -0.4 is 15.7 Å². The molecule has 0 unspecified atom stereocenters. The van der Waals surface area contributed by atoms with Gasteiger partial charge in [-0.25, -0.2) is 9.89 Å². The molecule has 0 atom stereocenters. The third kappa shape index (κ3) is 4.80. The van der Waals surface area contributed by atoms with Crippen molar-refractivity contribution < 1.29 is 4.74 Å². The summed E-state index contributed by atoms with van der Waals surface area (Å²) in [5, 5.41) is 9.44. The molecule has 0 amide bonds. The van der Waals surface area contributed by atoms with Crippen LogP contribution in [0.15, 0.2) is 17.2 Å². The summed E-state index contributed by atoms with van der Waals surface area (Å²) >= 11 is 0. The van der Waals surface area contributed by atoms with Crippen molar-refractivity contribution in [1.29, 1.82) is 0 Å². The molecule has 0 saturated heterocycles. The van der Waals surface area contributed by atoms with E-state index in [1.54, 1.807) is 12.4 Å². The highest BCUT2D eigenvalue weighted by Gasteiger charge is 2.15. The molecule has 3 rings (SSSR count). The second-order valence-electron chi connectivity index (χ2n) is 5.78. The molecule has 0 aliphatic heterocycles. The number of rotatable bonds is 7. The Morgan fingerprint density at radius 3 is 2.91 bits per heavy atom. The zero-order valence-electron chi connectivity index (χ0n) is 13.0. The van der Waals surface area contributed by atoms with Gasteiger partial charge in [0.05, 0.1) is 12.4 Å². The van der Waals surface area contributed by atoms with Crippen LogP contribution in [0.5, 0.6) is 5.88 Å². The van der Waals surface area contributed by atoms with E-state index >= 15 is 0 Å². The summed E-state index contributed by atoms with van der Waals surface area (Å²) in [6.07, 6.45) is 11.1. The molecule has 2 aromatic rings. The second-order valence-corrected chi connectivity index (χ2v) is 5.78. The summed E-state index contributed by atoms with van der Waals surface area (Å²) in [7, 11) is 0. The predicted molar refractivity (Wildman–Crippen MR) is 85.6 cm³/mol. The molecule has 23 heavy (non-hydrogen) atoms. The van der Waals surface area contributed by atoms with Gasteiger partial charge in [-0.3, -0.25) is 9.97 Å². The van der Waals surface area contributed by atoms with Crippen molar-refractivity contribution in [3.8, 4) is 5.88 Å². The van der Waals surface area contributed by atoms with Crippen LogP contribution in [0.1, 0.15) is 44.3 Å². The van der Waals surface area contributed by atoms with E-state index in [1.165, 1.54) is 19.3 Å². The van der Waals surface area contributed by atoms with Gasteiger partial charge in [-0.05, 0) is 32.1 Å². The maximum atomic E-state index is 10.9. The number of ether oxygens (including phenoxy) is 1.